The molecule has 0 spiro atoms. The zero-order valence-electron chi connectivity index (χ0n) is 18.8. The third-order valence-electron chi connectivity index (χ3n) is 6.21. The molecule has 0 amide bonds. The monoisotopic (exact) mass is 466 g/mol. The maximum atomic E-state index is 13.4. The number of benzene rings is 1. The summed E-state index contributed by atoms with van der Waals surface area (Å²) in [5, 5.41) is 14.0. The van der Waals surface area contributed by atoms with Crippen molar-refractivity contribution >= 4 is 33.3 Å². The molecule has 0 saturated heterocycles. The van der Waals surface area contributed by atoms with Crippen molar-refractivity contribution in [3.63, 3.8) is 0 Å². The minimum atomic E-state index is 0.0846. The first-order valence-corrected chi connectivity index (χ1v) is 12.8. The van der Waals surface area contributed by atoms with Crippen molar-refractivity contribution in [1.82, 2.24) is 29.8 Å². The van der Waals surface area contributed by atoms with E-state index in [0.29, 0.717) is 18.2 Å². The fraction of sp³-hybridized carbons (Fsp3) is 0.435. The average molecular weight is 467 g/mol. The first-order chi connectivity index (χ1) is 15.5. The highest BCUT2D eigenvalue weighted by Crippen LogP contribution is 2.36. The maximum absolute atomic E-state index is 13.4. The van der Waals surface area contributed by atoms with Gasteiger partial charge in [0.15, 0.2) is 11.0 Å². The lowest BCUT2D eigenvalue weighted by Crippen LogP contribution is -2.23. The van der Waals surface area contributed by atoms with Crippen LogP contribution in [0.2, 0.25) is 0 Å². The smallest absolute Gasteiger partial charge is 0.263 e. The fourth-order valence-corrected chi connectivity index (χ4v) is 6.92. The lowest BCUT2D eigenvalue weighted by molar-refractivity contribution is 0.509. The van der Waals surface area contributed by atoms with Gasteiger partial charge in [-0.2, -0.15) is 4.68 Å². The Morgan fingerprint density at radius 1 is 1.25 bits per heavy atom. The minimum absolute atomic E-state index is 0.0846. The standard InChI is InChI=1S/C23H26N6OS2/c1-5-28-22(30)19-16-10-9-13(2)11-17(16)32-21(19)24-23(28)31-12-18-25-26-27-29(18)20-14(3)7-6-8-15(20)4/h6-8,13H,5,9-12H2,1-4H3. The molecule has 3 heterocycles. The second-order valence-electron chi connectivity index (χ2n) is 8.51. The highest BCUT2D eigenvalue weighted by atomic mass is 32.2. The molecule has 32 heavy (non-hydrogen) atoms. The summed E-state index contributed by atoms with van der Waals surface area (Å²) < 4.78 is 3.60. The highest BCUT2D eigenvalue weighted by molar-refractivity contribution is 7.98. The molecule has 0 bridgehead atoms. The van der Waals surface area contributed by atoms with E-state index < -0.39 is 0 Å². The Kier molecular flexibility index (Phi) is 5.63. The van der Waals surface area contributed by atoms with E-state index in [1.54, 1.807) is 20.6 Å². The summed E-state index contributed by atoms with van der Waals surface area (Å²) in [4.78, 5) is 20.6. The number of fused-ring (bicyclic) bond motifs is 3. The topological polar surface area (TPSA) is 78.5 Å². The molecule has 0 saturated carbocycles. The van der Waals surface area contributed by atoms with Crippen LogP contribution in [0.4, 0.5) is 0 Å². The van der Waals surface area contributed by atoms with Gasteiger partial charge in [-0.05, 0) is 73.1 Å². The molecule has 0 fully saturated rings. The van der Waals surface area contributed by atoms with Crippen molar-refractivity contribution < 1.29 is 0 Å². The second kappa shape index (κ2) is 8.44. The van der Waals surface area contributed by atoms with E-state index in [9.17, 15) is 4.79 Å². The van der Waals surface area contributed by atoms with Crippen LogP contribution >= 0.6 is 23.1 Å². The quantitative estimate of drug-likeness (QED) is 0.319. The second-order valence-corrected chi connectivity index (χ2v) is 10.5. The largest absolute Gasteiger partial charge is 0.287 e. The van der Waals surface area contributed by atoms with Gasteiger partial charge in [-0.3, -0.25) is 9.36 Å². The summed E-state index contributed by atoms with van der Waals surface area (Å²) in [7, 11) is 0. The molecule has 7 nitrogen and oxygen atoms in total. The summed E-state index contributed by atoms with van der Waals surface area (Å²) in [6.45, 7) is 9.00. The van der Waals surface area contributed by atoms with Crippen molar-refractivity contribution in [2.24, 2.45) is 5.92 Å². The van der Waals surface area contributed by atoms with Crippen molar-refractivity contribution in [2.45, 2.75) is 64.4 Å². The number of rotatable bonds is 5. The minimum Gasteiger partial charge on any atom is -0.287 e. The maximum Gasteiger partial charge on any atom is 0.263 e. The summed E-state index contributed by atoms with van der Waals surface area (Å²) in [6.07, 6.45) is 3.17. The van der Waals surface area contributed by atoms with Gasteiger partial charge >= 0.3 is 0 Å². The average Bonchev–Trinajstić information content (AvgIpc) is 3.36. The van der Waals surface area contributed by atoms with E-state index >= 15 is 0 Å². The summed E-state index contributed by atoms with van der Waals surface area (Å²) in [5.41, 5.74) is 4.56. The van der Waals surface area contributed by atoms with Gasteiger partial charge < -0.3 is 0 Å². The molecule has 0 radical (unpaired) electrons. The van der Waals surface area contributed by atoms with Gasteiger partial charge in [-0.25, -0.2) is 4.98 Å². The normalized spacial score (nSPS) is 15.9. The lowest BCUT2D eigenvalue weighted by atomic mass is 9.89. The zero-order chi connectivity index (χ0) is 22.4. The van der Waals surface area contributed by atoms with E-state index in [1.807, 2.05) is 13.0 Å². The molecule has 0 aliphatic heterocycles. The van der Waals surface area contributed by atoms with Gasteiger partial charge in [0.25, 0.3) is 5.56 Å². The van der Waals surface area contributed by atoms with Crippen molar-refractivity contribution in [3.8, 4) is 5.69 Å². The van der Waals surface area contributed by atoms with Crippen molar-refractivity contribution in [3.05, 3.63) is 55.9 Å². The van der Waals surface area contributed by atoms with Crippen molar-refractivity contribution in [2.75, 3.05) is 0 Å². The van der Waals surface area contributed by atoms with E-state index in [2.05, 4.69) is 48.4 Å². The van der Waals surface area contributed by atoms with Gasteiger partial charge in [0, 0.05) is 11.4 Å². The van der Waals surface area contributed by atoms with Gasteiger partial charge in [-0.15, -0.1) is 16.4 Å². The van der Waals surface area contributed by atoms with Crippen LogP contribution in [0.25, 0.3) is 15.9 Å². The molecule has 5 rings (SSSR count). The van der Waals surface area contributed by atoms with Crippen LogP contribution in [-0.4, -0.2) is 29.8 Å². The van der Waals surface area contributed by atoms with Crippen LogP contribution in [0.5, 0.6) is 0 Å². The van der Waals surface area contributed by atoms with E-state index in [0.717, 1.165) is 57.3 Å². The SMILES string of the molecule is CCn1c(SCc2nnnn2-c2c(C)cccc2C)nc2sc3c(c2c1=O)CCC(C)C3. The lowest BCUT2D eigenvalue weighted by Gasteiger charge is -2.17. The Hall–Kier alpha value is -2.52. The zero-order valence-corrected chi connectivity index (χ0v) is 20.4. The molecular formula is C23H26N6OS2. The molecule has 1 aliphatic rings. The summed E-state index contributed by atoms with van der Waals surface area (Å²) in [5.74, 6) is 1.94. The number of nitrogens with zero attached hydrogens (tertiary/aromatic N) is 6. The Bertz CT molecular complexity index is 1350. The molecule has 4 aromatic rings. The third kappa shape index (κ3) is 3.57. The van der Waals surface area contributed by atoms with Crippen LogP contribution in [0.15, 0.2) is 28.2 Å². The van der Waals surface area contributed by atoms with Gasteiger partial charge in [-0.1, -0.05) is 36.9 Å². The molecule has 1 aromatic carbocycles. The number of aryl methyl sites for hydroxylation is 3. The molecule has 1 atom stereocenters. The fourth-order valence-electron chi connectivity index (χ4n) is 4.53. The Morgan fingerprint density at radius 3 is 2.78 bits per heavy atom. The van der Waals surface area contributed by atoms with Crippen LogP contribution in [0.1, 0.15) is 47.7 Å². The first-order valence-electron chi connectivity index (χ1n) is 11.0. The van der Waals surface area contributed by atoms with Crippen LogP contribution < -0.4 is 5.56 Å². The predicted octanol–water partition coefficient (Wildman–Crippen LogP) is 4.49. The Morgan fingerprint density at radius 2 is 2.03 bits per heavy atom. The van der Waals surface area contributed by atoms with Crippen LogP contribution in [-0.2, 0) is 25.1 Å². The predicted molar refractivity (Wildman–Crippen MR) is 129 cm³/mol. The molecular weight excluding hydrogens is 440 g/mol. The first kappa shape index (κ1) is 21.3. The Balaban J connectivity index is 1.51. The molecule has 1 aliphatic carbocycles. The number of para-hydroxylation sites is 1. The van der Waals surface area contributed by atoms with E-state index in [1.165, 1.54) is 22.2 Å². The number of hydrogen-bond donors (Lipinski definition) is 0. The third-order valence-corrected chi connectivity index (χ3v) is 8.33. The number of hydrogen-bond acceptors (Lipinski definition) is 7. The highest BCUT2D eigenvalue weighted by Gasteiger charge is 2.25. The van der Waals surface area contributed by atoms with E-state index in [-0.39, 0.29) is 5.56 Å². The van der Waals surface area contributed by atoms with E-state index in [4.69, 9.17) is 4.98 Å². The Labute approximate surface area is 194 Å². The van der Waals surface area contributed by atoms with Crippen LogP contribution in [0, 0.1) is 19.8 Å². The van der Waals surface area contributed by atoms with Gasteiger partial charge in [0.1, 0.15) is 4.83 Å². The summed E-state index contributed by atoms with van der Waals surface area (Å²) in [6, 6.07) is 6.16. The number of tetrazole rings is 1. The molecule has 1 unspecified atom stereocenters. The molecule has 9 heteroatoms. The molecule has 166 valence electrons. The molecule has 3 aromatic heterocycles. The summed E-state index contributed by atoms with van der Waals surface area (Å²) >= 11 is 3.22. The molecule has 0 N–H and O–H groups in total. The van der Waals surface area contributed by atoms with Crippen LogP contribution in [0.3, 0.4) is 0 Å². The van der Waals surface area contributed by atoms with Gasteiger partial charge in [0.2, 0.25) is 0 Å². The number of aromatic nitrogens is 6. The number of thiophene rings is 1. The number of thioether (sulfide) groups is 1. The van der Waals surface area contributed by atoms with Gasteiger partial charge in [0.05, 0.1) is 16.8 Å². The van der Waals surface area contributed by atoms with Crippen molar-refractivity contribution in [1.29, 1.82) is 0 Å².